The lowest BCUT2D eigenvalue weighted by Crippen LogP contribution is -2.41. The number of allylic oxidation sites excluding steroid dienone is 1. The van der Waals surface area contributed by atoms with Crippen molar-refractivity contribution < 1.29 is 13.9 Å². The third-order valence-electron chi connectivity index (χ3n) is 5.97. The van der Waals surface area contributed by atoms with Gasteiger partial charge in [0, 0.05) is 42.9 Å². The van der Waals surface area contributed by atoms with Gasteiger partial charge in [-0.15, -0.1) is 0 Å². The number of fused-ring (bicyclic) bond motifs is 1. The van der Waals surface area contributed by atoms with E-state index in [9.17, 15) is 9.18 Å². The molecule has 0 aromatic heterocycles. The van der Waals surface area contributed by atoms with Crippen LogP contribution in [-0.4, -0.2) is 43.0 Å². The predicted molar refractivity (Wildman–Crippen MR) is 116 cm³/mol. The molecule has 158 valence electrons. The quantitative estimate of drug-likeness (QED) is 0.521. The Kier molecular flexibility index (Phi) is 6.80. The van der Waals surface area contributed by atoms with Gasteiger partial charge in [0.15, 0.2) is 5.78 Å². The number of piperidine rings is 1. The number of unbranched alkanes of at least 4 members (excludes halogenated alkanes) is 1. The van der Waals surface area contributed by atoms with Crippen LogP contribution in [0.15, 0.2) is 60.3 Å². The van der Waals surface area contributed by atoms with Crippen LogP contribution in [0.3, 0.4) is 0 Å². The van der Waals surface area contributed by atoms with Gasteiger partial charge in [0.2, 0.25) is 0 Å². The summed E-state index contributed by atoms with van der Waals surface area (Å²) in [6, 6.07) is 14.5. The first kappa shape index (κ1) is 20.6. The monoisotopic (exact) mass is 408 g/mol. The zero-order valence-electron chi connectivity index (χ0n) is 17.3. The van der Waals surface area contributed by atoms with Crippen LogP contribution in [0.2, 0.25) is 0 Å². The summed E-state index contributed by atoms with van der Waals surface area (Å²) >= 11 is 0. The Morgan fingerprint density at radius 3 is 2.60 bits per heavy atom. The van der Waals surface area contributed by atoms with Gasteiger partial charge in [-0.2, -0.15) is 0 Å². The standard InChI is InChI=1S/C25H29FN2O2/c26-21-7-9-23(10-8-21)30-16-4-3-13-28-14-11-22(12-15-28)27-18-20-17-19-5-1-2-6-24(19)25(20)29/h1-2,5-10,18,22,27H,3-4,11-17H2/b20-18+. The van der Waals surface area contributed by atoms with Gasteiger partial charge in [0.05, 0.1) is 6.61 Å². The number of likely N-dealkylation sites (tertiary alicyclic amines) is 1. The Hall–Kier alpha value is -2.66. The zero-order chi connectivity index (χ0) is 20.8. The van der Waals surface area contributed by atoms with Crippen molar-refractivity contribution in [3.63, 3.8) is 0 Å². The fourth-order valence-corrected chi connectivity index (χ4v) is 4.17. The number of rotatable bonds is 8. The fourth-order valence-electron chi connectivity index (χ4n) is 4.17. The number of carbonyl (C=O) groups is 1. The van der Waals surface area contributed by atoms with Crippen molar-refractivity contribution >= 4 is 5.78 Å². The lowest BCUT2D eigenvalue weighted by Gasteiger charge is -2.32. The van der Waals surface area contributed by atoms with Crippen molar-refractivity contribution in [2.75, 3.05) is 26.2 Å². The molecular formula is C25H29FN2O2. The number of halogens is 1. The Bertz CT molecular complexity index is 886. The lowest BCUT2D eigenvalue weighted by molar-refractivity contribution is 0.103. The van der Waals surface area contributed by atoms with E-state index in [1.54, 1.807) is 12.1 Å². The number of nitrogens with one attached hydrogen (secondary N) is 1. The number of ketones is 1. The number of Topliss-reactive ketones (excluding diaryl/α,β-unsaturated/α-hetero) is 1. The summed E-state index contributed by atoms with van der Waals surface area (Å²) in [5, 5.41) is 3.49. The predicted octanol–water partition coefficient (Wildman–Crippen LogP) is 4.36. The second kappa shape index (κ2) is 9.90. The number of hydrogen-bond acceptors (Lipinski definition) is 4. The highest BCUT2D eigenvalue weighted by atomic mass is 19.1. The second-order valence-electron chi connectivity index (χ2n) is 8.12. The zero-order valence-corrected chi connectivity index (χ0v) is 17.3. The highest BCUT2D eigenvalue weighted by Crippen LogP contribution is 2.25. The largest absolute Gasteiger partial charge is 0.494 e. The molecule has 5 heteroatoms. The molecule has 30 heavy (non-hydrogen) atoms. The van der Waals surface area contributed by atoms with E-state index in [4.69, 9.17) is 4.74 Å². The van der Waals surface area contributed by atoms with Crippen LogP contribution in [0.4, 0.5) is 4.39 Å². The van der Waals surface area contributed by atoms with Crippen molar-refractivity contribution in [2.45, 2.75) is 38.1 Å². The Balaban J connectivity index is 1.11. The third kappa shape index (κ3) is 5.28. The summed E-state index contributed by atoms with van der Waals surface area (Å²) < 4.78 is 18.5. The van der Waals surface area contributed by atoms with Crippen LogP contribution in [0, 0.1) is 5.82 Å². The Morgan fingerprint density at radius 2 is 1.83 bits per heavy atom. The molecular weight excluding hydrogens is 379 g/mol. The lowest BCUT2D eigenvalue weighted by atomic mass is 10.0. The summed E-state index contributed by atoms with van der Waals surface area (Å²) in [5.74, 6) is 0.649. The SMILES string of the molecule is O=C1/C(=C/NC2CCN(CCCCOc3ccc(F)cc3)CC2)Cc2ccccc21. The third-order valence-corrected chi connectivity index (χ3v) is 5.97. The first-order chi connectivity index (χ1) is 14.7. The van der Waals surface area contributed by atoms with E-state index in [1.165, 1.54) is 12.1 Å². The van der Waals surface area contributed by atoms with E-state index in [1.807, 2.05) is 30.5 Å². The first-order valence-corrected chi connectivity index (χ1v) is 10.9. The summed E-state index contributed by atoms with van der Waals surface area (Å²) in [6.07, 6.45) is 6.96. The molecule has 0 atom stereocenters. The van der Waals surface area contributed by atoms with Crippen LogP contribution in [0.1, 0.15) is 41.6 Å². The molecule has 0 saturated carbocycles. The Morgan fingerprint density at radius 1 is 1.07 bits per heavy atom. The van der Waals surface area contributed by atoms with E-state index in [0.717, 1.165) is 74.2 Å². The van der Waals surface area contributed by atoms with Crippen LogP contribution in [0.5, 0.6) is 5.75 Å². The van der Waals surface area contributed by atoms with Crippen LogP contribution < -0.4 is 10.1 Å². The maximum atomic E-state index is 12.9. The van der Waals surface area contributed by atoms with Crippen molar-refractivity contribution in [1.29, 1.82) is 0 Å². The van der Waals surface area contributed by atoms with Gasteiger partial charge >= 0.3 is 0 Å². The van der Waals surface area contributed by atoms with Gasteiger partial charge in [-0.3, -0.25) is 4.79 Å². The van der Waals surface area contributed by atoms with Gasteiger partial charge in [-0.1, -0.05) is 24.3 Å². The smallest absolute Gasteiger partial charge is 0.191 e. The minimum absolute atomic E-state index is 0.165. The molecule has 0 spiro atoms. The van der Waals surface area contributed by atoms with E-state index in [2.05, 4.69) is 10.2 Å². The molecule has 1 aliphatic carbocycles. The molecule has 1 aliphatic heterocycles. The topological polar surface area (TPSA) is 41.6 Å². The van der Waals surface area contributed by atoms with Gasteiger partial charge in [-0.25, -0.2) is 4.39 Å². The van der Waals surface area contributed by atoms with Crippen LogP contribution in [0.25, 0.3) is 0 Å². The number of hydrogen-bond donors (Lipinski definition) is 1. The highest BCUT2D eigenvalue weighted by molar-refractivity contribution is 6.13. The average Bonchev–Trinajstić information content (AvgIpc) is 3.10. The molecule has 0 unspecified atom stereocenters. The fraction of sp³-hybridized carbons (Fsp3) is 0.400. The Labute approximate surface area is 177 Å². The van der Waals surface area contributed by atoms with E-state index < -0.39 is 0 Å². The first-order valence-electron chi connectivity index (χ1n) is 10.9. The maximum Gasteiger partial charge on any atom is 0.191 e. The molecule has 0 bridgehead atoms. The van der Waals surface area contributed by atoms with Crippen molar-refractivity contribution in [2.24, 2.45) is 0 Å². The van der Waals surface area contributed by atoms with E-state index >= 15 is 0 Å². The molecule has 2 aromatic carbocycles. The number of benzene rings is 2. The molecule has 0 amide bonds. The van der Waals surface area contributed by atoms with Gasteiger partial charge < -0.3 is 15.0 Å². The molecule has 2 aliphatic rings. The summed E-state index contributed by atoms with van der Waals surface area (Å²) in [4.78, 5) is 15.0. The normalized spacial score (nSPS) is 18.6. The molecule has 4 nitrogen and oxygen atoms in total. The highest BCUT2D eigenvalue weighted by Gasteiger charge is 2.25. The van der Waals surface area contributed by atoms with E-state index in [0.29, 0.717) is 12.6 Å². The molecule has 1 heterocycles. The minimum Gasteiger partial charge on any atom is -0.494 e. The molecule has 1 saturated heterocycles. The van der Waals surface area contributed by atoms with Crippen LogP contribution in [-0.2, 0) is 6.42 Å². The molecule has 1 N–H and O–H groups in total. The number of nitrogens with zero attached hydrogens (tertiary/aromatic N) is 1. The average molecular weight is 409 g/mol. The molecule has 0 radical (unpaired) electrons. The molecule has 2 aromatic rings. The summed E-state index contributed by atoms with van der Waals surface area (Å²) in [6.45, 7) is 3.89. The number of ether oxygens (including phenoxy) is 1. The number of carbonyl (C=O) groups excluding carboxylic acids is 1. The minimum atomic E-state index is -0.239. The summed E-state index contributed by atoms with van der Waals surface area (Å²) in [5.41, 5.74) is 2.86. The van der Waals surface area contributed by atoms with Gasteiger partial charge in [0.25, 0.3) is 0 Å². The van der Waals surface area contributed by atoms with Gasteiger partial charge in [-0.05, 0) is 62.1 Å². The summed E-state index contributed by atoms with van der Waals surface area (Å²) in [7, 11) is 0. The van der Waals surface area contributed by atoms with Crippen molar-refractivity contribution in [1.82, 2.24) is 10.2 Å². The second-order valence-corrected chi connectivity index (χ2v) is 8.12. The van der Waals surface area contributed by atoms with Crippen LogP contribution >= 0.6 is 0 Å². The molecule has 4 rings (SSSR count). The molecule has 1 fully saturated rings. The maximum absolute atomic E-state index is 12.9. The van der Waals surface area contributed by atoms with Crippen molar-refractivity contribution in [3.8, 4) is 5.75 Å². The van der Waals surface area contributed by atoms with Crippen molar-refractivity contribution in [3.05, 3.63) is 77.2 Å². The van der Waals surface area contributed by atoms with E-state index in [-0.39, 0.29) is 11.6 Å². The van der Waals surface area contributed by atoms with Gasteiger partial charge in [0.1, 0.15) is 11.6 Å².